The number of aromatic nitrogens is 2. The van der Waals surface area contributed by atoms with E-state index in [-0.39, 0.29) is 50.1 Å². The van der Waals surface area contributed by atoms with Crippen LogP contribution in [-0.4, -0.2) is 47.2 Å². The molecule has 210 valence electrons. The molecule has 0 amide bonds. The number of hydrogen-bond acceptors (Lipinski definition) is 4. The average Bonchev–Trinajstić information content (AvgIpc) is 2.67. The second-order valence-corrected chi connectivity index (χ2v) is 21.1. The zero-order chi connectivity index (χ0) is 28.1. The van der Waals surface area contributed by atoms with E-state index in [9.17, 15) is 12.8 Å². The standard InChI is InChI=1S/C28H46FN3O2PS.BrH/c1-19(2)23-22(18-35(26(3,4)5,27(6,7)8)28(9,10)11)24(20-14-16-21(29)17-15-20)31-25(30-23)32(12)36(13,33)34;/h14-17,19H,18H2,1-13H3;1H/q+1;/p-1. The molecule has 1 aromatic carbocycles. The molecule has 0 radical (unpaired) electrons. The first kappa shape index (κ1) is 33.9. The fourth-order valence-electron chi connectivity index (χ4n) is 6.23. The maximum absolute atomic E-state index is 13.9. The van der Waals surface area contributed by atoms with E-state index in [1.54, 1.807) is 12.1 Å². The highest BCUT2D eigenvalue weighted by Gasteiger charge is 2.64. The molecule has 0 saturated carbocycles. The largest absolute Gasteiger partial charge is 1.00 e. The van der Waals surface area contributed by atoms with Gasteiger partial charge in [-0.05, 0) is 92.5 Å². The van der Waals surface area contributed by atoms with Crippen molar-refractivity contribution in [2.45, 2.75) is 104 Å². The molecule has 0 spiro atoms. The summed E-state index contributed by atoms with van der Waals surface area (Å²) in [6.45, 7) is 25.3. The number of rotatable bonds is 6. The first-order valence-corrected chi connectivity index (χ1v) is 16.4. The van der Waals surface area contributed by atoms with Crippen molar-refractivity contribution in [1.82, 2.24) is 9.97 Å². The van der Waals surface area contributed by atoms with Crippen LogP contribution >= 0.6 is 7.26 Å². The molecule has 2 rings (SSSR count). The minimum absolute atomic E-state index is 0. The van der Waals surface area contributed by atoms with Crippen LogP contribution in [0, 0.1) is 5.82 Å². The number of sulfonamides is 1. The van der Waals surface area contributed by atoms with Crippen molar-refractivity contribution < 1.29 is 29.8 Å². The van der Waals surface area contributed by atoms with Gasteiger partial charge in [-0.25, -0.2) is 27.1 Å². The molecule has 1 heterocycles. The maximum atomic E-state index is 13.9. The lowest BCUT2D eigenvalue weighted by Crippen LogP contribution is -3.00. The molecular weight excluding hydrogens is 572 g/mol. The Hall–Kier alpha value is -1.11. The maximum Gasteiger partial charge on any atom is 0.239 e. The number of hydrogen-bond donors (Lipinski definition) is 0. The van der Waals surface area contributed by atoms with E-state index in [0.717, 1.165) is 33.5 Å². The number of nitrogens with zero attached hydrogens (tertiary/aromatic N) is 3. The lowest BCUT2D eigenvalue weighted by Gasteiger charge is -2.54. The smallest absolute Gasteiger partial charge is 0.239 e. The van der Waals surface area contributed by atoms with Crippen LogP contribution < -0.4 is 21.3 Å². The fraction of sp³-hybridized carbons (Fsp3) is 0.643. The molecule has 37 heavy (non-hydrogen) atoms. The Balaban J connectivity index is 0.00000684. The van der Waals surface area contributed by atoms with Crippen molar-refractivity contribution in [3.05, 3.63) is 41.3 Å². The molecule has 0 saturated heterocycles. The zero-order valence-corrected chi connectivity index (χ0v) is 28.2. The second kappa shape index (κ2) is 11.2. The molecule has 0 fully saturated rings. The number of benzene rings is 1. The predicted octanol–water partition coefficient (Wildman–Crippen LogP) is 4.72. The third-order valence-electron chi connectivity index (χ3n) is 7.30. The van der Waals surface area contributed by atoms with Gasteiger partial charge in [0.05, 0.1) is 39.3 Å². The summed E-state index contributed by atoms with van der Waals surface area (Å²) in [5.74, 6) is -0.154. The van der Waals surface area contributed by atoms with E-state index in [2.05, 4.69) is 76.2 Å². The lowest BCUT2D eigenvalue weighted by atomic mass is 9.99. The van der Waals surface area contributed by atoms with Crippen LogP contribution in [0.1, 0.15) is 93.3 Å². The third-order valence-corrected chi connectivity index (χ3v) is 16.1. The van der Waals surface area contributed by atoms with Crippen LogP contribution in [0.4, 0.5) is 10.3 Å². The molecule has 5 nitrogen and oxygen atoms in total. The van der Waals surface area contributed by atoms with Crippen LogP contribution in [0.2, 0.25) is 0 Å². The third kappa shape index (κ3) is 6.73. The van der Waals surface area contributed by atoms with Gasteiger partial charge >= 0.3 is 0 Å². The summed E-state index contributed by atoms with van der Waals surface area (Å²) in [4.78, 5) is 9.70. The van der Waals surface area contributed by atoms with Gasteiger partial charge in [-0.2, -0.15) is 0 Å². The summed E-state index contributed by atoms with van der Waals surface area (Å²) in [6, 6.07) is 6.30. The van der Waals surface area contributed by atoms with Crippen molar-refractivity contribution in [3.8, 4) is 11.3 Å². The van der Waals surface area contributed by atoms with Crippen molar-refractivity contribution in [3.63, 3.8) is 0 Å². The van der Waals surface area contributed by atoms with E-state index >= 15 is 0 Å². The topological polar surface area (TPSA) is 63.2 Å². The highest BCUT2D eigenvalue weighted by Crippen LogP contribution is 2.85. The van der Waals surface area contributed by atoms with Crippen molar-refractivity contribution >= 4 is 23.2 Å². The van der Waals surface area contributed by atoms with Gasteiger partial charge in [-0.3, -0.25) is 0 Å². The van der Waals surface area contributed by atoms with Crippen molar-refractivity contribution in [2.75, 3.05) is 17.6 Å². The van der Waals surface area contributed by atoms with E-state index in [1.165, 1.54) is 19.2 Å². The minimum Gasteiger partial charge on any atom is -1.00 e. The van der Waals surface area contributed by atoms with Gasteiger partial charge in [0.25, 0.3) is 0 Å². The molecule has 0 aliphatic rings. The van der Waals surface area contributed by atoms with Crippen LogP contribution in [0.5, 0.6) is 0 Å². The summed E-state index contributed by atoms with van der Waals surface area (Å²) < 4.78 is 39.9. The molecule has 0 bridgehead atoms. The normalized spacial score (nSPS) is 13.5. The van der Waals surface area contributed by atoms with Crippen LogP contribution in [0.25, 0.3) is 11.3 Å². The monoisotopic (exact) mass is 617 g/mol. The van der Waals surface area contributed by atoms with E-state index in [1.807, 2.05) is 0 Å². The Bertz CT molecular complexity index is 1160. The van der Waals surface area contributed by atoms with Gasteiger partial charge in [0.2, 0.25) is 16.0 Å². The molecule has 0 aliphatic carbocycles. The summed E-state index contributed by atoms with van der Waals surface area (Å²) >= 11 is 0. The summed E-state index contributed by atoms with van der Waals surface area (Å²) in [5.41, 5.74) is 3.32. The number of anilines is 1. The predicted molar refractivity (Wildman–Crippen MR) is 155 cm³/mol. The Kier molecular flexibility index (Phi) is 10.2. The first-order valence-electron chi connectivity index (χ1n) is 12.5. The zero-order valence-electron chi connectivity index (χ0n) is 24.9. The minimum atomic E-state index is -3.57. The first-order chi connectivity index (χ1) is 16.0. The SMILES string of the molecule is CC(C)c1nc(N(C)S(C)(=O)=O)nc(-c2ccc(F)cc2)c1C[P+](C(C)(C)C)(C(C)(C)C)C(C)(C)C.[Br-]. The van der Waals surface area contributed by atoms with Crippen LogP contribution in [0.3, 0.4) is 0 Å². The molecule has 0 N–H and O–H groups in total. The Morgan fingerprint density at radius 3 is 1.68 bits per heavy atom. The van der Waals surface area contributed by atoms with Gasteiger partial charge in [0.15, 0.2) is 0 Å². The van der Waals surface area contributed by atoms with E-state index in [0.29, 0.717) is 5.69 Å². The average molecular weight is 619 g/mol. The Morgan fingerprint density at radius 2 is 1.32 bits per heavy atom. The van der Waals surface area contributed by atoms with Crippen molar-refractivity contribution in [1.29, 1.82) is 0 Å². The Labute approximate surface area is 236 Å². The Morgan fingerprint density at radius 1 is 0.892 bits per heavy atom. The lowest BCUT2D eigenvalue weighted by molar-refractivity contribution is -0.0000120. The van der Waals surface area contributed by atoms with Gasteiger partial charge in [0.1, 0.15) is 5.82 Å². The molecule has 0 aliphatic heterocycles. The summed E-state index contributed by atoms with van der Waals surface area (Å²) in [5, 5.41) is 0.0418. The number of halogens is 2. The fourth-order valence-corrected chi connectivity index (χ4v) is 14.9. The van der Waals surface area contributed by atoms with Crippen molar-refractivity contribution in [2.24, 2.45) is 0 Å². The molecule has 2 aromatic rings. The second-order valence-electron chi connectivity index (χ2n) is 13.1. The van der Waals surface area contributed by atoms with Gasteiger partial charge in [-0.15, -0.1) is 0 Å². The van der Waals surface area contributed by atoms with Gasteiger partial charge in [0, 0.05) is 25.4 Å². The molecule has 1 aromatic heterocycles. The highest BCUT2D eigenvalue weighted by molar-refractivity contribution is 7.92. The van der Waals surface area contributed by atoms with Crippen LogP contribution in [-0.2, 0) is 16.2 Å². The summed E-state index contributed by atoms with van der Waals surface area (Å²) in [6.07, 6.45) is 1.94. The quantitative estimate of drug-likeness (QED) is 0.440. The van der Waals surface area contributed by atoms with Gasteiger partial charge in [-0.1, -0.05) is 13.8 Å². The van der Waals surface area contributed by atoms with Gasteiger partial charge < -0.3 is 17.0 Å². The molecule has 0 atom stereocenters. The van der Waals surface area contributed by atoms with E-state index in [4.69, 9.17) is 9.97 Å². The highest BCUT2D eigenvalue weighted by atomic mass is 79.9. The molecular formula is C28H46BrFN3O2PS. The van der Waals surface area contributed by atoms with Crippen LogP contribution in [0.15, 0.2) is 24.3 Å². The summed E-state index contributed by atoms with van der Waals surface area (Å²) in [7, 11) is -3.94. The molecule has 0 unspecified atom stereocenters. The van der Waals surface area contributed by atoms with E-state index < -0.39 is 17.3 Å². The molecule has 9 heteroatoms.